The highest BCUT2D eigenvalue weighted by atomic mass is 16.5. The Morgan fingerprint density at radius 2 is 2.00 bits per heavy atom. The summed E-state index contributed by atoms with van der Waals surface area (Å²) < 4.78 is 5.27. The highest BCUT2D eigenvalue weighted by Crippen LogP contribution is 2.38. The first-order chi connectivity index (χ1) is 8.12. The van der Waals surface area contributed by atoms with Gasteiger partial charge in [0.15, 0.2) is 0 Å². The van der Waals surface area contributed by atoms with Crippen LogP contribution in [0, 0.1) is 11.3 Å². The van der Waals surface area contributed by atoms with Gasteiger partial charge < -0.3 is 10.5 Å². The zero-order valence-corrected chi connectivity index (χ0v) is 12.0. The highest BCUT2D eigenvalue weighted by Gasteiger charge is 2.38. The Kier molecular flexibility index (Phi) is 5.90. The van der Waals surface area contributed by atoms with Crippen LogP contribution in [0.5, 0.6) is 0 Å². The largest absolute Gasteiger partial charge is 0.384 e. The lowest BCUT2D eigenvalue weighted by atomic mass is 9.82. The second-order valence-electron chi connectivity index (χ2n) is 5.66. The van der Waals surface area contributed by atoms with Gasteiger partial charge in [-0.1, -0.05) is 20.8 Å². The van der Waals surface area contributed by atoms with E-state index in [-0.39, 0.29) is 0 Å². The summed E-state index contributed by atoms with van der Waals surface area (Å²) in [5.41, 5.74) is 6.50. The number of likely N-dealkylation sites (tertiary alicyclic amines) is 1. The van der Waals surface area contributed by atoms with E-state index in [1.165, 1.54) is 32.4 Å². The van der Waals surface area contributed by atoms with Crippen molar-refractivity contribution in [2.45, 2.75) is 46.1 Å². The van der Waals surface area contributed by atoms with Crippen LogP contribution in [0.2, 0.25) is 0 Å². The van der Waals surface area contributed by atoms with Crippen LogP contribution >= 0.6 is 0 Å². The van der Waals surface area contributed by atoms with Crippen LogP contribution in [0.3, 0.4) is 0 Å². The molecule has 0 radical (unpaired) electrons. The zero-order valence-electron chi connectivity index (χ0n) is 12.0. The summed E-state index contributed by atoms with van der Waals surface area (Å²) in [6.07, 6.45) is 3.90. The van der Waals surface area contributed by atoms with E-state index >= 15 is 0 Å². The summed E-state index contributed by atoms with van der Waals surface area (Å²) in [5, 5.41) is 0. The Hall–Kier alpha value is -0.120. The molecule has 2 unspecified atom stereocenters. The Labute approximate surface area is 107 Å². The molecule has 0 aromatic heterocycles. The Morgan fingerprint density at radius 3 is 2.41 bits per heavy atom. The molecule has 3 heteroatoms. The fourth-order valence-electron chi connectivity index (χ4n) is 3.20. The first-order valence-electron chi connectivity index (χ1n) is 7.05. The molecule has 0 aromatic carbocycles. The van der Waals surface area contributed by atoms with Crippen molar-refractivity contribution >= 4 is 0 Å². The zero-order chi connectivity index (χ0) is 12.9. The molecule has 0 aliphatic carbocycles. The quantitative estimate of drug-likeness (QED) is 0.743. The fraction of sp³-hybridized carbons (Fsp3) is 1.00. The van der Waals surface area contributed by atoms with Crippen molar-refractivity contribution < 1.29 is 4.74 Å². The monoisotopic (exact) mass is 242 g/mol. The van der Waals surface area contributed by atoms with Crippen LogP contribution in [0.1, 0.15) is 40.0 Å². The average molecular weight is 242 g/mol. The van der Waals surface area contributed by atoms with Gasteiger partial charge in [-0.15, -0.1) is 0 Å². The second-order valence-corrected chi connectivity index (χ2v) is 5.66. The van der Waals surface area contributed by atoms with Crippen molar-refractivity contribution in [1.29, 1.82) is 0 Å². The molecule has 1 saturated heterocycles. The lowest BCUT2D eigenvalue weighted by Crippen LogP contribution is -2.45. The highest BCUT2D eigenvalue weighted by molar-refractivity contribution is 4.92. The molecular weight excluding hydrogens is 212 g/mol. The molecule has 1 heterocycles. The Bertz CT molecular complexity index is 216. The maximum Gasteiger partial charge on any atom is 0.0503 e. The molecule has 1 fully saturated rings. The van der Waals surface area contributed by atoms with Gasteiger partial charge in [0.1, 0.15) is 0 Å². The maximum absolute atomic E-state index is 5.96. The van der Waals surface area contributed by atoms with E-state index in [4.69, 9.17) is 10.5 Å². The van der Waals surface area contributed by atoms with Crippen molar-refractivity contribution in [3.63, 3.8) is 0 Å². The van der Waals surface area contributed by atoms with Crippen molar-refractivity contribution in [1.82, 2.24) is 4.90 Å². The minimum atomic E-state index is 0.481. The Balaban J connectivity index is 2.60. The summed E-state index contributed by atoms with van der Waals surface area (Å²) in [6.45, 7) is 10.9. The van der Waals surface area contributed by atoms with Gasteiger partial charge in [-0.05, 0) is 37.1 Å². The summed E-state index contributed by atoms with van der Waals surface area (Å²) in [5.74, 6) is 0.523. The van der Waals surface area contributed by atoms with Gasteiger partial charge in [0, 0.05) is 26.2 Å². The molecule has 1 rings (SSSR count). The number of rotatable bonds is 7. The van der Waals surface area contributed by atoms with Crippen molar-refractivity contribution in [2.24, 2.45) is 17.1 Å². The van der Waals surface area contributed by atoms with Gasteiger partial charge in [0.05, 0.1) is 6.61 Å². The smallest absolute Gasteiger partial charge is 0.0503 e. The topological polar surface area (TPSA) is 38.5 Å². The summed E-state index contributed by atoms with van der Waals surface area (Å²) >= 11 is 0. The molecule has 2 atom stereocenters. The van der Waals surface area contributed by atoms with Gasteiger partial charge in [0.25, 0.3) is 0 Å². The van der Waals surface area contributed by atoms with E-state index in [1.807, 2.05) is 0 Å². The molecule has 102 valence electrons. The first kappa shape index (κ1) is 14.9. The molecule has 1 aliphatic rings. The van der Waals surface area contributed by atoms with Gasteiger partial charge in [-0.2, -0.15) is 0 Å². The maximum atomic E-state index is 5.96. The normalized spacial score (nSPS) is 23.8. The van der Waals surface area contributed by atoms with Crippen molar-refractivity contribution in [2.75, 3.05) is 33.4 Å². The van der Waals surface area contributed by atoms with E-state index in [1.54, 1.807) is 7.11 Å². The van der Waals surface area contributed by atoms with Crippen LogP contribution in [0.15, 0.2) is 0 Å². The summed E-state index contributed by atoms with van der Waals surface area (Å²) in [4.78, 5) is 2.59. The van der Waals surface area contributed by atoms with E-state index in [9.17, 15) is 0 Å². The van der Waals surface area contributed by atoms with Gasteiger partial charge >= 0.3 is 0 Å². The summed E-state index contributed by atoms with van der Waals surface area (Å²) in [7, 11) is 1.77. The van der Waals surface area contributed by atoms with Crippen LogP contribution < -0.4 is 5.73 Å². The lowest BCUT2D eigenvalue weighted by molar-refractivity contribution is 0.0895. The van der Waals surface area contributed by atoms with Crippen molar-refractivity contribution in [3.8, 4) is 0 Å². The molecular formula is C14H30N2O. The third kappa shape index (κ3) is 3.43. The van der Waals surface area contributed by atoms with Gasteiger partial charge in [-0.3, -0.25) is 4.90 Å². The summed E-state index contributed by atoms with van der Waals surface area (Å²) in [6, 6.07) is 0.481. The standard InChI is InChI=1S/C14H30N2O/c1-5-14(6-2)7-8-16(11-14)13(9-15)12(3)10-17-4/h12-13H,5-11,15H2,1-4H3. The SMILES string of the molecule is CCC1(CC)CCN(C(CN)C(C)COC)C1. The minimum absolute atomic E-state index is 0.481. The van der Waals surface area contributed by atoms with Crippen LogP contribution in [0.4, 0.5) is 0 Å². The van der Waals surface area contributed by atoms with E-state index < -0.39 is 0 Å². The number of hydrogen-bond acceptors (Lipinski definition) is 3. The fourth-order valence-corrected chi connectivity index (χ4v) is 3.20. The minimum Gasteiger partial charge on any atom is -0.384 e. The number of hydrogen-bond donors (Lipinski definition) is 1. The molecule has 0 bridgehead atoms. The van der Waals surface area contributed by atoms with Crippen LogP contribution in [0.25, 0.3) is 0 Å². The molecule has 0 amide bonds. The molecule has 1 aliphatic heterocycles. The third-order valence-corrected chi connectivity index (χ3v) is 4.76. The molecule has 0 spiro atoms. The third-order valence-electron chi connectivity index (χ3n) is 4.76. The van der Waals surface area contributed by atoms with Gasteiger partial charge in [-0.25, -0.2) is 0 Å². The molecule has 0 aromatic rings. The first-order valence-corrected chi connectivity index (χ1v) is 7.05. The predicted molar refractivity (Wildman–Crippen MR) is 73.1 cm³/mol. The molecule has 0 saturated carbocycles. The number of ether oxygens (including phenoxy) is 1. The van der Waals surface area contributed by atoms with E-state index in [0.717, 1.165) is 13.2 Å². The van der Waals surface area contributed by atoms with Crippen molar-refractivity contribution in [3.05, 3.63) is 0 Å². The second kappa shape index (κ2) is 6.72. The predicted octanol–water partition coefficient (Wildman–Crippen LogP) is 2.11. The number of nitrogens with two attached hydrogens (primary N) is 1. The molecule has 3 nitrogen and oxygen atoms in total. The number of nitrogens with zero attached hydrogens (tertiary/aromatic N) is 1. The average Bonchev–Trinajstić information content (AvgIpc) is 2.75. The van der Waals surface area contributed by atoms with Gasteiger partial charge in [0.2, 0.25) is 0 Å². The lowest BCUT2D eigenvalue weighted by Gasteiger charge is -2.34. The van der Waals surface area contributed by atoms with E-state index in [2.05, 4.69) is 25.7 Å². The van der Waals surface area contributed by atoms with Crippen LogP contribution in [-0.4, -0.2) is 44.3 Å². The molecule has 17 heavy (non-hydrogen) atoms. The number of methoxy groups -OCH3 is 1. The Morgan fingerprint density at radius 1 is 1.35 bits per heavy atom. The van der Waals surface area contributed by atoms with Crippen LogP contribution in [-0.2, 0) is 4.74 Å². The molecule has 2 N–H and O–H groups in total. The van der Waals surface area contributed by atoms with E-state index in [0.29, 0.717) is 17.4 Å².